The van der Waals surface area contributed by atoms with Gasteiger partial charge in [0, 0.05) is 25.3 Å². The van der Waals surface area contributed by atoms with E-state index < -0.39 is 0 Å². The number of hydrogen-bond donors (Lipinski definition) is 0. The Kier molecular flexibility index (Phi) is 4.80. The lowest BCUT2D eigenvalue weighted by Crippen LogP contribution is -2.33. The molecular weight excluding hydrogens is 288 g/mol. The summed E-state index contributed by atoms with van der Waals surface area (Å²) < 4.78 is 0. The minimum absolute atomic E-state index is 0.0530. The Hall–Kier alpha value is -0.550. The molecule has 0 radical (unpaired) electrons. The number of aromatic nitrogens is 1. The van der Waals surface area contributed by atoms with Gasteiger partial charge in [0.25, 0.3) is 0 Å². The van der Waals surface area contributed by atoms with E-state index in [0.717, 1.165) is 34.3 Å². The van der Waals surface area contributed by atoms with E-state index in [1.165, 1.54) is 0 Å². The summed E-state index contributed by atoms with van der Waals surface area (Å²) in [6.45, 7) is 6.51. The molecule has 1 aliphatic rings. The Balaban J connectivity index is 2.26. The average molecular weight is 313 g/mol. The van der Waals surface area contributed by atoms with Crippen LogP contribution in [0.3, 0.4) is 0 Å². The number of fused-ring (bicyclic) bond motifs is 1. The minimum Gasteiger partial charge on any atom is -0.347 e. The van der Waals surface area contributed by atoms with E-state index in [1.54, 1.807) is 11.3 Å². The van der Waals surface area contributed by atoms with Crippen molar-refractivity contribution in [1.29, 1.82) is 0 Å². The normalized spacial score (nSPS) is 18.8. The summed E-state index contributed by atoms with van der Waals surface area (Å²) in [4.78, 5) is 20.2. The first-order valence-corrected chi connectivity index (χ1v) is 9.33. The van der Waals surface area contributed by atoms with Crippen molar-refractivity contribution in [3.63, 3.8) is 0 Å². The topological polar surface area (TPSA) is 33.2 Å². The second-order valence-electron chi connectivity index (χ2n) is 6.34. The molecule has 0 amide bonds. The van der Waals surface area contributed by atoms with Gasteiger partial charge in [0.1, 0.15) is 0 Å². The van der Waals surface area contributed by atoms with E-state index in [9.17, 15) is 4.79 Å². The van der Waals surface area contributed by atoms with E-state index >= 15 is 0 Å². The van der Waals surface area contributed by atoms with Crippen LogP contribution in [0.5, 0.6) is 0 Å². The highest BCUT2D eigenvalue weighted by molar-refractivity contribution is 7.98. The molecule has 0 fully saturated rings. The second kappa shape index (κ2) is 6.06. The summed E-state index contributed by atoms with van der Waals surface area (Å²) in [5.41, 5.74) is 1.06. The van der Waals surface area contributed by atoms with E-state index in [1.807, 2.05) is 11.8 Å². The summed E-state index contributed by atoms with van der Waals surface area (Å²) >= 11 is 3.44. The Morgan fingerprint density at radius 3 is 2.75 bits per heavy atom. The van der Waals surface area contributed by atoms with Crippen molar-refractivity contribution < 1.29 is 4.79 Å². The summed E-state index contributed by atoms with van der Waals surface area (Å²) in [5.74, 6) is 1.36. The molecule has 0 aromatic carbocycles. The van der Waals surface area contributed by atoms with Crippen molar-refractivity contribution in [2.24, 2.45) is 5.41 Å². The second-order valence-corrected chi connectivity index (χ2v) is 8.23. The first-order valence-electron chi connectivity index (χ1n) is 7.12. The van der Waals surface area contributed by atoms with Crippen LogP contribution in [-0.2, 0) is 6.42 Å². The van der Waals surface area contributed by atoms with E-state index in [-0.39, 0.29) is 11.2 Å². The fraction of sp³-hybridized carbons (Fsp3) is 0.733. The highest BCUT2D eigenvalue weighted by Gasteiger charge is 2.34. The van der Waals surface area contributed by atoms with E-state index in [4.69, 9.17) is 4.98 Å². The van der Waals surface area contributed by atoms with Crippen molar-refractivity contribution in [1.82, 2.24) is 4.98 Å². The molecule has 1 aromatic heterocycles. The molecule has 1 heterocycles. The summed E-state index contributed by atoms with van der Waals surface area (Å²) in [7, 11) is 2.10. The third kappa shape index (κ3) is 3.19. The lowest BCUT2D eigenvalue weighted by molar-refractivity contribution is 0.0916. The number of thioether (sulfide) groups is 1. The Morgan fingerprint density at radius 1 is 1.45 bits per heavy atom. The molecule has 1 aromatic rings. The van der Waals surface area contributed by atoms with Crippen LogP contribution in [0.25, 0.3) is 0 Å². The number of anilines is 1. The van der Waals surface area contributed by atoms with Gasteiger partial charge in [-0.05, 0) is 24.5 Å². The van der Waals surface area contributed by atoms with Crippen molar-refractivity contribution in [2.45, 2.75) is 46.1 Å². The van der Waals surface area contributed by atoms with Crippen LogP contribution in [0.1, 0.15) is 49.0 Å². The lowest BCUT2D eigenvalue weighted by Gasteiger charge is -2.27. The van der Waals surface area contributed by atoms with Crippen molar-refractivity contribution >= 4 is 34.0 Å². The fourth-order valence-corrected chi connectivity index (χ4v) is 4.61. The van der Waals surface area contributed by atoms with Gasteiger partial charge in [-0.2, -0.15) is 11.8 Å². The van der Waals surface area contributed by atoms with E-state index in [2.05, 4.69) is 39.0 Å². The number of ketones is 1. The van der Waals surface area contributed by atoms with Crippen LogP contribution < -0.4 is 4.90 Å². The zero-order valence-electron chi connectivity index (χ0n) is 13.0. The first-order chi connectivity index (χ1) is 9.38. The Bertz CT molecular complexity index is 496. The molecule has 0 saturated carbocycles. The summed E-state index contributed by atoms with van der Waals surface area (Å²) in [6, 6.07) is 0.487. The monoisotopic (exact) mass is 312 g/mol. The Labute approximate surface area is 130 Å². The molecule has 0 aliphatic heterocycles. The molecule has 5 heteroatoms. The van der Waals surface area contributed by atoms with Gasteiger partial charge in [0.15, 0.2) is 10.9 Å². The number of carbonyl (C=O) groups excluding carboxylic acids is 1. The number of rotatable bonds is 5. The van der Waals surface area contributed by atoms with Crippen molar-refractivity contribution in [2.75, 3.05) is 24.0 Å². The predicted molar refractivity (Wildman–Crippen MR) is 89.4 cm³/mol. The van der Waals surface area contributed by atoms with Crippen LogP contribution in [-0.4, -0.2) is 35.9 Å². The molecule has 0 bridgehead atoms. The van der Waals surface area contributed by atoms with Gasteiger partial charge in [-0.3, -0.25) is 4.79 Å². The third-order valence-corrected chi connectivity index (χ3v) is 5.85. The van der Waals surface area contributed by atoms with Gasteiger partial charge in [-0.25, -0.2) is 4.98 Å². The number of Topliss-reactive ketones (excluding diaryl/α,β-unsaturated/α-hetero) is 1. The van der Waals surface area contributed by atoms with E-state index in [0.29, 0.717) is 12.5 Å². The predicted octanol–water partition coefficient (Wildman–Crippen LogP) is 3.88. The van der Waals surface area contributed by atoms with Gasteiger partial charge in [0.2, 0.25) is 0 Å². The largest absolute Gasteiger partial charge is 0.347 e. The molecule has 20 heavy (non-hydrogen) atoms. The lowest BCUT2D eigenvalue weighted by atomic mass is 9.78. The molecule has 1 unspecified atom stereocenters. The Morgan fingerprint density at radius 2 is 2.15 bits per heavy atom. The molecule has 2 rings (SSSR count). The molecular formula is C15H24N2OS2. The standard InChI is InChI=1S/C15H24N2OS2/c1-6-10(9-19-5)17(4)14-16-11-7-15(2,3)8-12(18)13(11)20-14/h10H,6-9H2,1-5H3. The molecule has 0 saturated heterocycles. The molecule has 0 N–H and O–H groups in total. The van der Waals surface area contributed by atoms with Gasteiger partial charge in [-0.15, -0.1) is 0 Å². The summed E-state index contributed by atoms with van der Waals surface area (Å²) in [6.07, 6.45) is 4.79. The number of thiazole rings is 1. The first kappa shape index (κ1) is 15.8. The van der Waals surface area contributed by atoms with Gasteiger partial charge in [-0.1, -0.05) is 32.1 Å². The van der Waals surface area contributed by atoms with Crippen LogP contribution in [0.2, 0.25) is 0 Å². The molecule has 0 spiro atoms. The number of hydrogen-bond acceptors (Lipinski definition) is 5. The van der Waals surface area contributed by atoms with Crippen LogP contribution in [0.15, 0.2) is 0 Å². The maximum absolute atomic E-state index is 12.2. The quantitative estimate of drug-likeness (QED) is 0.826. The molecule has 3 nitrogen and oxygen atoms in total. The van der Waals surface area contributed by atoms with Gasteiger partial charge >= 0.3 is 0 Å². The molecule has 1 aliphatic carbocycles. The van der Waals surface area contributed by atoms with Crippen LogP contribution in [0, 0.1) is 5.41 Å². The highest BCUT2D eigenvalue weighted by atomic mass is 32.2. The van der Waals surface area contributed by atoms with Crippen LogP contribution in [0.4, 0.5) is 5.13 Å². The minimum atomic E-state index is 0.0530. The number of carbonyl (C=O) groups is 1. The molecule has 1 atom stereocenters. The number of nitrogens with zero attached hydrogens (tertiary/aromatic N) is 2. The summed E-state index contributed by atoms with van der Waals surface area (Å²) in [5, 5.41) is 1.00. The smallest absolute Gasteiger partial charge is 0.186 e. The maximum atomic E-state index is 12.2. The maximum Gasteiger partial charge on any atom is 0.186 e. The zero-order chi connectivity index (χ0) is 14.9. The van der Waals surface area contributed by atoms with Crippen LogP contribution >= 0.6 is 23.1 Å². The van der Waals surface area contributed by atoms with Crippen molar-refractivity contribution in [3.05, 3.63) is 10.6 Å². The zero-order valence-corrected chi connectivity index (χ0v) is 14.7. The van der Waals surface area contributed by atoms with Gasteiger partial charge in [0.05, 0.1) is 10.6 Å². The third-order valence-electron chi connectivity index (χ3n) is 3.90. The fourth-order valence-electron chi connectivity index (χ4n) is 2.71. The SMILES string of the molecule is CCC(CSC)N(C)c1nc2c(s1)C(=O)CC(C)(C)C2. The molecule has 112 valence electrons. The van der Waals surface area contributed by atoms with Gasteiger partial charge < -0.3 is 4.90 Å². The highest BCUT2D eigenvalue weighted by Crippen LogP contribution is 2.39. The average Bonchev–Trinajstić information content (AvgIpc) is 2.77. The van der Waals surface area contributed by atoms with Crippen molar-refractivity contribution in [3.8, 4) is 0 Å².